The topological polar surface area (TPSA) is 114 Å². The molecule has 2 N–H and O–H groups in total. The van der Waals surface area contributed by atoms with Crippen molar-refractivity contribution in [2.24, 2.45) is 0 Å². The van der Waals surface area contributed by atoms with Crippen LogP contribution >= 0.6 is 34.5 Å². The lowest BCUT2D eigenvalue weighted by molar-refractivity contribution is -0.120. The van der Waals surface area contributed by atoms with E-state index in [0.717, 1.165) is 11.3 Å². The number of hydrogen-bond donors (Lipinski definition) is 2. The molecule has 0 bridgehead atoms. The highest BCUT2D eigenvalue weighted by Gasteiger charge is 2.37. The second-order valence-electron chi connectivity index (χ2n) is 8.61. The molecule has 39 heavy (non-hydrogen) atoms. The average Bonchev–Trinajstić information content (AvgIpc) is 3.27. The van der Waals surface area contributed by atoms with Crippen LogP contribution in [0.15, 0.2) is 67.0 Å². The molecule has 0 saturated carbocycles. The Hall–Kier alpha value is -3.99. The molecule has 0 radical (unpaired) electrons. The van der Waals surface area contributed by atoms with Crippen LogP contribution in [0.4, 0.5) is 11.5 Å². The maximum absolute atomic E-state index is 13.7. The van der Waals surface area contributed by atoms with Crippen molar-refractivity contribution in [1.82, 2.24) is 14.9 Å². The number of halogens is 2. The van der Waals surface area contributed by atoms with Crippen molar-refractivity contribution in [3.8, 4) is 5.75 Å². The molecular formula is C27H21Cl2N5O4S. The number of thiophene rings is 1. The number of methoxy groups -OCH3 is 1. The number of rotatable bonds is 7. The first-order valence-electron chi connectivity index (χ1n) is 11.7. The Labute approximate surface area is 237 Å². The van der Waals surface area contributed by atoms with Crippen molar-refractivity contribution in [2.45, 2.75) is 19.0 Å². The first-order valence-corrected chi connectivity index (χ1v) is 13.3. The fourth-order valence-electron chi connectivity index (χ4n) is 4.17. The number of ether oxygens (including phenoxy) is 1. The Morgan fingerprint density at radius 1 is 1.10 bits per heavy atom. The van der Waals surface area contributed by atoms with Crippen molar-refractivity contribution < 1.29 is 19.1 Å². The molecule has 0 aliphatic carbocycles. The van der Waals surface area contributed by atoms with E-state index in [2.05, 4.69) is 20.6 Å². The number of aromatic nitrogens is 2. The number of anilines is 2. The molecule has 0 spiro atoms. The number of benzene rings is 1. The normalized spacial score (nSPS) is 14.8. The lowest BCUT2D eigenvalue weighted by Crippen LogP contribution is -2.46. The zero-order valence-corrected chi connectivity index (χ0v) is 22.8. The number of carbonyl (C=O) groups is 3. The Kier molecular flexibility index (Phi) is 7.78. The molecule has 1 aliphatic rings. The number of nitrogens with one attached hydrogen (secondary N) is 2. The third kappa shape index (κ3) is 5.88. The van der Waals surface area contributed by atoms with E-state index in [-0.39, 0.29) is 35.4 Å². The smallest absolute Gasteiger partial charge is 0.267 e. The van der Waals surface area contributed by atoms with E-state index >= 15 is 0 Å². The van der Waals surface area contributed by atoms with Crippen molar-refractivity contribution >= 4 is 63.8 Å². The van der Waals surface area contributed by atoms with E-state index in [1.165, 1.54) is 18.2 Å². The van der Waals surface area contributed by atoms with Crippen LogP contribution in [0.2, 0.25) is 9.36 Å². The van der Waals surface area contributed by atoms with Crippen LogP contribution in [0.25, 0.3) is 0 Å². The maximum atomic E-state index is 13.7. The average molecular weight is 582 g/mol. The molecule has 1 atom stereocenters. The quantitative estimate of drug-likeness (QED) is 0.305. The molecule has 3 aromatic heterocycles. The second-order valence-corrected chi connectivity index (χ2v) is 10.7. The van der Waals surface area contributed by atoms with Gasteiger partial charge < -0.3 is 20.3 Å². The van der Waals surface area contributed by atoms with Crippen molar-refractivity contribution in [3.05, 3.63) is 98.0 Å². The number of hydrogen-bond acceptors (Lipinski definition) is 7. The summed E-state index contributed by atoms with van der Waals surface area (Å²) in [5, 5.41) is 5.70. The Morgan fingerprint density at radius 2 is 1.95 bits per heavy atom. The highest BCUT2D eigenvalue weighted by Crippen LogP contribution is 2.35. The molecule has 5 rings (SSSR count). The summed E-state index contributed by atoms with van der Waals surface area (Å²) in [7, 11) is 1.52. The minimum Gasteiger partial charge on any atom is -0.497 e. The van der Waals surface area contributed by atoms with Gasteiger partial charge >= 0.3 is 0 Å². The Balaban J connectivity index is 1.42. The second kappa shape index (κ2) is 11.4. The number of fused-ring (bicyclic) bond motifs is 1. The predicted octanol–water partition coefficient (Wildman–Crippen LogP) is 5.31. The lowest BCUT2D eigenvalue weighted by atomic mass is 10.1. The van der Waals surface area contributed by atoms with Crippen LogP contribution < -0.4 is 15.4 Å². The van der Waals surface area contributed by atoms with Crippen LogP contribution in [0.1, 0.15) is 31.3 Å². The maximum Gasteiger partial charge on any atom is 0.267 e. The summed E-state index contributed by atoms with van der Waals surface area (Å²) in [6.45, 7) is 0.0672. The van der Waals surface area contributed by atoms with Gasteiger partial charge in [0.25, 0.3) is 11.8 Å². The van der Waals surface area contributed by atoms with Gasteiger partial charge in [-0.1, -0.05) is 35.3 Å². The molecule has 4 aromatic rings. The van der Waals surface area contributed by atoms with Gasteiger partial charge in [-0.25, -0.2) is 4.98 Å². The summed E-state index contributed by atoms with van der Waals surface area (Å²) in [6.07, 6.45) is 3.36. The molecule has 1 aliphatic heterocycles. The van der Waals surface area contributed by atoms with Crippen molar-refractivity contribution in [3.63, 3.8) is 0 Å². The highest BCUT2D eigenvalue weighted by atomic mass is 35.5. The van der Waals surface area contributed by atoms with Gasteiger partial charge in [-0.15, -0.1) is 11.3 Å². The summed E-state index contributed by atoms with van der Waals surface area (Å²) in [6, 6.07) is 14.2. The summed E-state index contributed by atoms with van der Waals surface area (Å²) in [5.41, 5.74) is 1.90. The standard InChI is InChI=1S/C27H21Cl2N5O4S/c1-38-17-7-9-31-23(12-17)33-25(35)18-6-5-15(10-19(18)28)14-34-21(11-16-4-2-3-8-30-16)26(36)32-20-13-22(29)39-24(20)27(34)37/h2-10,12-13,21H,11,14H2,1H3,(H,32,36)(H,31,33,35). The predicted molar refractivity (Wildman–Crippen MR) is 150 cm³/mol. The van der Waals surface area contributed by atoms with E-state index in [0.29, 0.717) is 37.7 Å². The summed E-state index contributed by atoms with van der Waals surface area (Å²) in [5.74, 6) is -0.298. The van der Waals surface area contributed by atoms with Gasteiger partial charge in [0, 0.05) is 37.1 Å². The number of pyridine rings is 2. The molecule has 0 saturated heterocycles. The number of carbonyl (C=O) groups excluding carboxylic acids is 3. The van der Waals surface area contributed by atoms with E-state index in [1.807, 2.05) is 6.07 Å². The van der Waals surface area contributed by atoms with Gasteiger partial charge in [0.15, 0.2) is 0 Å². The van der Waals surface area contributed by atoms with Crippen LogP contribution in [0.3, 0.4) is 0 Å². The first kappa shape index (κ1) is 26.6. The minimum atomic E-state index is -0.841. The van der Waals surface area contributed by atoms with Crippen LogP contribution in [-0.4, -0.2) is 45.7 Å². The molecule has 0 fully saturated rings. The Morgan fingerprint density at radius 3 is 2.69 bits per heavy atom. The number of nitrogens with zero attached hydrogens (tertiary/aromatic N) is 3. The van der Waals surface area contributed by atoms with Gasteiger partial charge in [-0.2, -0.15) is 0 Å². The van der Waals surface area contributed by atoms with Gasteiger partial charge in [-0.3, -0.25) is 19.4 Å². The number of amides is 3. The molecule has 9 nitrogen and oxygen atoms in total. The molecular weight excluding hydrogens is 561 g/mol. The molecule has 1 unspecified atom stereocenters. The van der Waals surface area contributed by atoms with E-state index in [1.54, 1.807) is 54.7 Å². The summed E-state index contributed by atoms with van der Waals surface area (Å²) in [4.78, 5) is 50.1. The third-order valence-corrected chi connectivity index (χ3v) is 7.63. The minimum absolute atomic E-state index is 0.0672. The summed E-state index contributed by atoms with van der Waals surface area (Å²) >= 11 is 13.8. The van der Waals surface area contributed by atoms with Crippen molar-refractivity contribution in [1.29, 1.82) is 0 Å². The van der Waals surface area contributed by atoms with Crippen LogP contribution in [-0.2, 0) is 17.8 Å². The molecule has 198 valence electrons. The summed E-state index contributed by atoms with van der Waals surface area (Å²) < 4.78 is 5.55. The monoisotopic (exact) mass is 581 g/mol. The van der Waals surface area contributed by atoms with E-state index in [4.69, 9.17) is 27.9 Å². The molecule has 12 heteroatoms. The highest BCUT2D eigenvalue weighted by molar-refractivity contribution is 7.18. The zero-order valence-electron chi connectivity index (χ0n) is 20.5. The van der Waals surface area contributed by atoms with Gasteiger partial charge in [-0.05, 0) is 42.0 Å². The van der Waals surface area contributed by atoms with Crippen LogP contribution in [0.5, 0.6) is 5.75 Å². The molecule has 1 aromatic carbocycles. The first-order chi connectivity index (χ1) is 18.8. The Bertz CT molecular complexity index is 1560. The molecule has 3 amide bonds. The van der Waals surface area contributed by atoms with E-state index < -0.39 is 11.9 Å². The van der Waals surface area contributed by atoms with Gasteiger partial charge in [0.05, 0.1) is 27.7 Å². The molecule has 4 heterocycles. The third-order valence-electron chi connectivity index (χ3n) is 6.06. The largest absolute Gasteiger partial charge is 0.497 e. The van der Waals surface area contributed by atoms with Gasteiger partial charge in [0.2, 0.25) is 5.91 Å². The van der Waals surface area contributed by atoms with Crippen LogP contribution in [0, 0.1) is 0 Å². The van der Waals surface area contributed by atoms with Crippen molar-refractivity contribution in [2.75, 3.05) is 17.7 Å². The fourth-order valence-corrected chi connectivity index (χ4v) is 5.60. The fraction of sp³-hybridized carbons (Fsp3) is 0.148. The zero-order chi connectivity index (χ0) is 27.5. The lowest BCUT2D eigenvalue weighted by Gasteiger charge is -2.28. The SMILES string of the molecule is COc1ccnc(NC(=O)c2ccc(CN3C(=O)c4sc(Cl)cc4NC(=O)C3Cc3ccccn3)cc2Cl)c1. The van der Waals surface area contributed by atoms with E-state index in [9.17, 15) is 14.4 Å². The van der Waals surface area contributed by atoms with Gasteiger partial charge in [0.1, 0.15) is 22.5 Å².